The number of thiazole rings is 1. The summed E-state index contributed by atoms with van der Waals surface area (Å²) >= 11 is 13.6. The monoisotopic (exact) mass is 322 g/mol. The Bertz CT molecular complexity index is 514. The Morgan fingerprint density at radius 3 is 2.78 bits per heavy atom. The van der Waals surface area contributed by atoms with Crippen LogP contribution >= 0.6 is 46.9 Å². The summed E-state index contributed by atoms with van der Waals surface area (Å²) in [5.41, 5.74) is 1.83. The third-order valence-corrected chi connectivity index (χ3v) is 3.68. The second-order valence-corrected chi connectivity index (χ2v) is 5.32. The summed E-state index contributed by atoms with van der Waals surface area (Å²) in [5.74, 6) is 0. The zero-order chi connectivity index (χ0) is 12.3. The highest BCUT2D eigenvalue weighted by Crippen LogP contribution is 2.30. The highest BCUT2D eigenvalue weighted by molar-refractivity contribution is 7.09. The maximum absolute atomic E-state index is 6.14. The average molecular weight is 324 g/mol. The lowest BCUT2D eigenvalue weighted by Gasteiger charge is -2.01. The van der Waals surface area contributed by atoms with Crippen molar-refractivity contribution in [2.24, 2.45) is 0 Å². The van der Waals surface area contributed by atoms with Crippen molar-refractivity contribution in [2.75, 3.05) is 6.54 Å². The fraction of sp³-hybridized carbons (Fsp3) is 0.250. The van der Waals surface area contributed by atoms with Crippen molar-refractivity contribution in [3.63, 3.8) is 0 Å². The molecule has 98 valence electrons. The number of benzene rings is 1. The van der Waals surface area contributed by atoms with Gasteiger partial charge < -0.3 is 5.32 Å². The van der Waals surface area contributed by atoms with Gasteiger partial charge in [0.2, 0.25) is 0 Å². The van der Waals surface area contributed by atoms with Gasteiger partial charge >= 0.3 is 0 Å². The maximum atomic E-state index is 6.14. The van der Waals surface area contributed by atoms with Crippen LogP contribution in [0.5, 0.6) is 0 Å². The molecule has 1 N–H and O–H groups in total. The van der Waals surface area contributed by atoms with Gasteiger partial charge in [-0.2, -0.15) is 0 Å². The van der Waals surface area contributed by atoms with Crippen molar-refractivity contribution in [1.82, 2.24) is 10.3 Å². The van der Waals surface area contributed by atoms with Gasteiger partial charge in [-0.3, -0.25) is 0 Å². The molecule has 0 saturated heterocycles. The summed E-state index contributed by atoms with van der Waals surface area (Å²) in [6.45, 7) is 3.81. The molecule has 1 heterocycles. The zero-order valence-electron chi connectivity index (χ0n) is 9.74. The molecule has 1 aromatic heterocycles. The Labute approximate surface area is 127 Å². The molecular formula is C12H13Cl3N2S. The quantitative estimate of drug-likeness (QED) is 0.886. The third kappa shape index (κ3) is 3.84. The lowest BCUT2D eigenvalue weighted by Crippen LogP contribution is -2.11. The SMILES string of the molecule is CCNCc1nc(-c2ccc(Cl)cc2Cl)cs1.Cl. The summed E-state index contributed by atoms with van der Waals surface area (Å²) in [5, 5.41) is 7.60. The second kappa shape index (κ2) is 7.31. The van der Waals surface area contributed by atoms with E-state index in [9.17, 15) is 0 Å². The largest absolute Gasteiger partial charge is 0.311 e. The Morgan fingerprint density at radius 2 is 2.11 bits per heavy atom. The van der Waals surface area contributed by atoms with Gasteiger partial charge in [-0.1, -0.05) is 30.1 Å². The number of hydrogen-bond donors (Lipinski definition) is 1. The van der Waals surface area contributed by atoms with E-state index in [1.807, 2.05) is 17.5 Å². The Morgan fingerprint density at radius 1 is 1.33 bits per heavy atom. The number of rotatable bonds is 4. The second-order valence-electron chi connectivity index (χ2n) is 3.53. The minimum absolute atomic E-state index is 0. The van der Waals surface area contributed by atoms with Crippen molar-refractivity contribution in [2.45, 2.75) is 13.5 Å². The fourth-order valence-corrected chi connectivity index (χ4v) is 2.71. The highest BCUT2D eigenvalue weighted by atomic mass is 35.5. The summed E-state index contributed by atoms with van der Waals surface area (Å²) in [7, 11) is 0. The van der Waals surface area contributed by atoms with Crippen molar-refractivity contribution >= 4 is 46.9 Å². The van der Waals surface area contributed by atoms with Crippen LogP contribution in [0.2, 0.25) is 10.0 Å². The predicted molar refractivity (Wildman–Crippen MR) is 82.2 cm³/mol. The number of hydrogen-bond acceptors (Lipinski definition) is 3. The normalized spacial score (nSPS) is 10.2. The van der Waals surface area contributed by atoms with Gasteiger partial charge in [-0.25, -0.2) is 4.98 Å². The zero-order valence-corrected chi connectivity index (χ0v) is 12.9. The molecule has 0 saturated carbocycles. The van der Waals surface area contributed by atoms with E-state index < -0.39 is 0 Å². The number of aromatic nitrogens is 1. The van der Waals surface area contributed by atoms with Gasteiger partial charge in [0.1, 0.15) is 5.01 Å². The first-order valence-corrected chi connectivity index (χ1v) is 6.95. The van der Waals surface area contributed by atoms with Gasteiger partial charge in [-0.15, -0.1) is 23.7 Å². The van der Waals surface area contributed by atoms with E-state index in [0.29, 0.717) is 10.0 Å². The lowest BCUT2D eigenvalue weighted by molar-refractivity contribution is 0.723. The van der Waals surface area contributed by atoms with E-state index in [-0.39, 0.29) is 12.4 Å². The molecule has 18 heavy (non-hydrogen) atoms. The Balaban J connectivity index is 0.00000162. The van der Waals surface area contributed by atoms with Crippen LogP contribution in [0, 0.1) is 0 Å². The van der Waals surface area contributed by atoms with E-state index in [2.05, 4.69) is 17.2 Å². The molecule has 2 nitrogen and oxygen atoms in total. The van der Waals surface area contributed by atoms with Crippen LogP contribution in [0.4, 0.5) is 0 Å². The van der Waals surface area contributed by atoms with Gasteiger partial charge in [0.15, 0.2) is 0 Å². The van der Waals surface area contributed by atoms with E-state index in [0.717, 1.165) is 29.4 Å². The van der Waals surface area contributed by atoms with E-state index in [1.54, 1.807) is 17.4 Å². The molecule has 2 aromatic rings. The Kier molecular flexibility index (Phi) is 6.39. The summed E-state index contributed by atoms with van der Waals surface area (Å²) in [4.78, 5) is 4.54. The first-order chi connectivity index (χ1) is 8.20. The molecule has 0 unspecified atom stereocenters. The van der Waals surface area contributed by atoms with Crippen molar-refractivity contribution in [3.8, 4) is 11.3 Å². The number of halogens is 3. The van der Waals surface area contributed by atoms with Crippen LogP contribution in [0.25, 0.3) is 11.3 Å². The van der Waals surface area contributed by atoms with E-state index in [1.165, 1.54) is 0 Å². The molecule has 0 spiro atoms. The molecule has 0 fully saturated rings. The molecule has 0 atom stereocenters. The van der Waals surface area contributed by atoms with Gasteiger partial charge in [0, 0.05) is 22.5 Å². The summed E-state index contributed by atoms with van der Waals surface area (Å²) < 4.78 is 0. The lowest BCUT2D eigenvalue weighted by atomic mass is 10.2. The third-order valence-electron chi connectivity index (χ3n) is 2.29. The first kappa shape index (κ1) is 15.7. The van der Waals surface area contributed by atoms with Crippen LogP contribution in [-0.2, 0) is 6.54 Å². The molecule has 0 amide bonds. The molecule has 1 aromatic carbocycles. The minimum atomic E-state index is 0. The number of nitrogens with zero attached hydrogens (tertiary/aromatic N) is 1. The van der Waals surface area contributed by atoms with Crippen molar-refractivity contribution < 1.29 is 0 Å². The van der Waals surface area contributed by atoms with E-state index in [4.69, 9.17) is 23.2 Å². The average Bonchev–Trinajstić information content (AvgIpc) is 2.75. The molecule has 0 bridgehead atoms. The molecule has 2 rings (SSSR count). The molecule has 6 heteroatoms. The molecule has 0 aliphatic rings. The molecular weight excluding hydrogens is 311 g/mol. The van der Waals surface area contributed by atoms with Crippen LogP contribution in [0.3, 0.4) is 0 Å². The Hall–Kier alpha value is -0.320. The van der Waals surface area contributed by atoms with Gasteiger partial charge in [-0.05, 0) is 24.7 Å². The smallest absolute Gasteiger partial charge is 0.107 e. The van der Waals surface area contributed by atoms with E-state index >= 15 is 0 Å². The first-order valence-electron chi connectivity index (χ1n) is 5.31. The topological polar surface area (TPSA) is 24.9 Å². The predicted octanol–water partition coefficient (Wildman–Crippen LogP) is 4.65. The van der Waals surface area contributed by atoms with Gasteiger partial charge in [0.25, 0.3) is 0 Å². The summed E-state index contributed by atoms with van der Waals surface area (Å²) in [6, 6.07) is 5.46. The summed E-state index contributed by atoms with van der Waals surface area (Å²) in [6.07, 6.45) is 0. The van der Waals surface area contributed by atoms with Crippen LogP contribution in [-0.4, -0.2) is 11.5 Å². The fourth-order valence-electron chi connectivity index (χ4n) is 1.44. The minimum Gasteiger partial charge on any atom is -0.311 e. The molecule has 0 aliphatic carbocycles. The van der Waals surface area contributed by atoms with Crippen molar-refractivity contribution in [1.29, 1.82) is 0 Å². The molecule has 0 aliphatic heterocycles. The number of nitrogens with one attached hydrogen (secondary N) is 1. The molecule has 0 radical (unpaired) electrons. The maximum Gasteiger partial charge on any atom is 0.107 e. The van der Waals surface area contributed by atoms with Gasteiger partial charge in [0.05, 0.1) is 10.7 Å². The van der Waals surface area contributed by atoms with Crippen LogP contribution in [0.1, 0.15) is 11.9 Å². The van der Waals surface area contributed by atoms with Crippen LogP contribution < -0.4 is 5.32 Å². The highest BCUT2D eigenvalue weighted by Gasteiger charge is 2.08. The van der Waals surface area contributed by atoms with Crippen molar-refractivity contribution in [3.05, 3.63) is 38.6 Å². The van der Waals surface area contributed by atoms with Crippen LogP contribution in [0.15, 0.2) is 23.6 Å². The standard InChI is InChI=1S/C12H12Cl2N2S.ClH/c1-2-15-6-12-16-11(7-17-12)9-4-3-8(13)5-10(9)14;/h3-5,7,15H,2,6H2,1H3;1H.